The molecule has 3 heteroatoms. The summed E-state index contributed by atoms with van der Waals surface area (Å²) in [5, 5.41) is 0. The van der Waals surface area contributed by atoms with E-state index >= 15 is 0 Å². The van der Waals surface area contributed by atoms with Gasteiger partial charge in [0.25, 0.3) is 9.04 Å². The predicted molar refractivity (Wildman–Crippen MR) is 129 cm³/mol. The second kappa shape index (κ2) is 7.63. The summed E-state index contributed by atoms with van der Waals surface area (Å²) in [6, 6.07) is 13.3. The van der Waals surface area contributed by atoms with Gasteiger partial charge in [-0.05, 0) is 83.6 Å². The number of carbonyl (C=O) groups is 1. The third kappa shape index (κ3) is 3.08. The zero-order valence-corrected chi connectivity index (χ0v) is 20.0. The fourth-order valence-corrected chi connectivity index (χ4v) is 6.26. The van der Waals surface area contributed by atoms with Crippen LogP contribution in [-0.2, 0) is 27.5 Å². The highest BCUT2D eigenvalue weighted by molar-refractivity contribution is 6.50. The maximum atomic E-state index is 14.0. The molecule has 2 nitrogen and oxygen atoms in total. The molecule has 3 aliphatic rings. The van der Waals surface area contributed by atoms with Gasteiger partial charge in [0.15, 0.2) is 0 Å². The van der Waals surface area contributed by atoms with E-state index in [0.717, 1.165) is 18.4 Å². The van der Waals surface area contributed by atoms with Crippen LogP contribution in [0.4, 0.5) is 0 Å². The van der Waals surface area contributed by atoms with Gasteiger partial charge in [-0.3, -0.25) is 4.79 Å². The first-order valence-corrected chi connectivity index (χ1v) is 14.1. The molecule has 3 aliphatic carbocycles. The van der Waals surface area contributed by atoms with E-state index in [9.17, 15) is 4.79 Å². The van der Waals surface area contributed by atoms with Crippen molar-refractivity contribution >= 4 is 26.7 Å². The maximum absolute atomic E-state index is 14.0. The van der Waals surface area contributed by atoms with Crippen molar-refractivity contribution in [3.8, 4) is 0 Å². The molecule has 0 N–H and O–H groups in total. The first kappa shape index (κ1) is 20.5. The van der Waals surface area contributed by atoms with Gasteiger partial charge in [0.2, 0.25) is 0 Å². The third-order valence-corrected chi connectivity index (χ3v) is 8.03. The second-order valence-corrected chi connectivity index (χ2v) is 11.6. The number of rotatable bonds is 5. The monoisotopic (exact) mass is 427 g/mol. The molecule has 0 aromatic heterocycles. The average molecular weight is 428 g/mol. The van der Waals surface area contributed by atoms with Crippen molar-refractivity contribution in [2.45, 2.75) is 64.0 Å². The molecule has 31 heavy (non-hydrogen) atoms. The summed E-state index contributed by atoms with van der Waals surface area (Å²) >= 11 is 0. The van der Waals surface area contributed by atoms with Gasteiger partial charge in [0.1, 0.15) is 5.41 Å². The first-order chi connectivity index (χ1) is 15.0. The summed E-state index contributed by atoms with van der Waals surface area (Å²) < 4.78 is 6.06. The number of fused-ring (bicyclic) bond motifs is 3. The Morgan fingerprint density at radius 2 is 1.94 bits per heavy atom. The zero-order chi connectivity index (χ0) is 21.8. The minimum absolute atomic E-state index is 0.0232. The Morgan fingerprint density at radius 3 is 2.68 bits per heavy atom. The summed E-state index contributed by atoms with van der Waals surface area (Å²) in [4.78, 5) is 14.0. The van der Waals surface area contributed by atoms with Crippen molar-refractivity contribution in [2.75, 3.05) is 0 Å². The molecule has 0 saturated carbocycles. The van der Waals surface area contributed by atoms with E-state index in [0.29, 0.717) is 5.92 Å². The lowest BCUT2D eigenvalue weighted by Gasteiger charge is -2.34. The Balaban J connectivity index is 1.73. The molecule has 159 valence electrons. The minimum atomic E-state index is -1.17. The number of benzene rings is 2. The number of carbonyl (C=O) groups excluding carboxylic acids is 1. The Kier molecular flexibility index (Phi) is 5.05. The molecule has 2 aromatic rings. The molecule has 0 aliphatic heterocycles. The number of aryl methyl sites for hydroxylation is 2. The van der Waals surface area contributed by atoms with Gasteiger partial charge in [0, 0.05) is 5.92 Å². The van der Waals surface area contributed by atoms with Crippen LogP contribution in [0.1, 0.15) is 66.0 Å². The van der Waals surface area contributed by atoms with E-state index in [-0.39, 0.29) is 11.9 Å². The smallest absolute Gasteiger partial charge is 0.308 e. The van der Waals surface area contributed by atoms with Gasteiger partial charge < -0.3 is 4.43 Å². The molecule has 2 aromatic carbocycles. The highest BCUT2D eigenvalue weighted by Gasteiger charge is 2.53. The SMILES string of the molecule is CCC(C)C1=CC(C(=O)O[Si](C)C)(C2C=Cc3cc4c(cc32)CCC4)c2ccccc21. The molecular formula is C28H31O2Si. The maximum Gasteiger partial charge on any atom is 0.308 e. The van der Waals surface area contributed by atoms with E-state index < -0.39 is 14.5 Å². The molecule has 3 atom stereocenters. The van der Waals surface area contributed by atoms with Gasteiger partial charge in [0.05, 0.1) is 0 Å². The molecular weight excluding hydrogens is 396 g/mol. The third-order valence-electron chi connectivity index (χ3n) is 7.44. The number of hydrogen-bond donors (Lipinski definition) is 0. The van der Waals surface area contributed by atoms with Crippen LogP contribution in [0.15, 0.2) is 48.6 Å². The average Bonchev–Trinajstić information content (AvgIpc) is 3.46. The fourth-order valence-electron chi connectivity index (χ4n) is 5.72. The predicted octanol–water partition coefficient (Wildman–Crippen LogP) is 6.46. The van der Waals surface area contributed by atoms with Crippen molar-refractivity contribution in [3.05, 3.63) is 81.9 Å². The summed E-state index contributed by atoms with van der Waals surface area (Å²) in [5.41, 5.74) is 8.35. The van der Waals surface area contributed by atoms with Gasteiger partial charge in [-0.15, -0.1) is 0 Å². The van der Waals surface area contributed by atoms with E-state index in [1.807, 2.05) is 13.1 Å². The summed E-state index contributed by atoms with van der Waals surface area (Å²) in [6.45, 7) is 8.58. The highest BCUT2D eigenvalue weighted by atomic mass is 28.3. The van der Waals surface area contributed by atoms with Gasteiger partial charge in [-0.25, -0.2) is 0 Å². The van der Waals surface area contributed by atoms with Crippen molar-refractivity contribution in [3.63, 3.8) is 0 Å². The fraction of sp³-hybridized carbons (Fsp3) is 0.393. The topological polar surface area (TPSA) is 26.3 Å². The van der Waals surface area contributed by atoms with Gasteiger partial charge >= 0.3 is 5.97 Å². The van der Waals surface area contributed by atoms with E-state index in [2.05, 4.69) is 68.5 Å². The van der Waals surface area contributed by atoms with Gasteiger partial charge in [-0.1, -0.05) is 68.5 Å². The van der Waals surface area contributed by atoms with Crippen LogP contribution < -0.4 is 0 Å². The Bertz CT molecular complexity index is 1110. The summed E-state index contributed by atoms with van der Waals surface area (Å²) in [7, 11) is -1.17. The molecule has 5 rings (SSSR count). The molecule has 3 unspecified atom stereocenters. The lowest BCUT2D eigenvalue weighted by atomic mass is 9.69. The van der Waals surface area contributed by atoms with Crippen LogP contribution in [0.3, 0.4) is 0 Å². The molecule has 0 spiro atoms. The Hall–Kier alpha value is -2.39. The zero-order valence-electron chi connectivity index (χ0n) is 19.0. The molecule has 0 saturated heterocycles. The molecule has 0 amide bonds. The normalized spacial score (nSPS) is 24.0. The lowest BCUT2D eigenvalue weighted by molar-refractivity contribution is -0.139. The number of allylic oxidation sites excluding steroid dienone is 2. The molecule has 1 radical (unpaired) electrons. The van der Waals surface area contributed by atoms with E-state index in [1.54, 1.807) is 0 Å². The highest BCUT2D eigenvalue weighted by Crippen LogP contribution is 2.55. The van der Waals surface area contributed by atoms with Crippen molar-refractivity contribution in [2.24, 2.45) is 5.92 Å². The minimum Gasteiger partial charge on any atom is -0.517 e. The van der Waals surface area contributed by atoms with Crippen LogP contribution in [-0.4, -0.2) is 15.0 Å². The van der Waals surface area contributed by atoms with Crippen molar-refractivity contribution in [1.82, 2.24) is 0 Å². The van der Waals surface area contributed by atoms with Gasteiger partial charge in [-0.2, -0.15) is 0 Å². The molecule has 0 bridgehead atoms. The first-order valence-electron chi connectivity index (χ1n) is 11.6. The summed E-state index contributed by atoms with van der Waals surface area (Å²) in [6.07, 6.45) is 11.4. The van der Waals surface area contributed by atoms with Crippen LogP contribution in [0, 0.1) is 5.92 Å². The Labute approximate surface area is 187 Å². The van der Waals surface area contributed by atoms with Crippen molar-refractivity contribution < 1.29 is 9.22 Å². The van der Waals surface area contributed by atoms with Crippen LogP contribution in [0.2, 0.25) is 13.1 Å². The second-order valence-electron chi connectivity index (χ2n) is 9.56. The molecule has 0 heterocycles. The summed E-state index contributed by atoms with van der Waals surface area (Å²) in [5.74, 6) is 0.291. The Morgan fingerprint density at radius 1 is 1.19 bits per heavy atom. The molecule has 0 fully saturated rings. The lowest BCUT2D eigenvalue weighted by Crippen LogP contribution is -2.41. The number of hydrogen-bond acceptors (Lipinski definition) is 2. The van der Waals surface area contributed by atoms with E-state index in [4.69, 9.17) is 4.43 Å². The van der Waals surface area contributed by atoms with Crippen LogP contribution in [0.25, 0.3) is 11.6 Å². The van der Waals surface area contributed by atoms with E-state index in [1.165, 1.54) is 46.2 Å². The quantitative estimate of drug-likeness (QED) is 0.512. The standard InChI is InChI=1S/C28H31O2Si/c1-5-18(2)24-17-28(27(29)30-31(3)4,25-12-7-6-11-22(24)25)26-14-13-21-15-19-9-8-10-20(19)16-23(21)26/h6-7,11-18,26H,5,8-10H2,1-4H3. The largest absolute Gasteiger partial charge is 0.517 e. The van der Waals surface area contributed by atoms with Crippen LogP contribution >= 0.6 is 0 Å². The van der Waals surface area contributed by atoms with Crippen molar-refractivity contribution in [1.29, 1.82) is 0 Å². The van der Waals surface area contributed by atoms with Crippen LogP contribution in [0.5, 0.6) is 0 Å².